The summed E-state index contributed by atoms with van der Waals surface area (Å²) >= 11 is 0. The summed E-state index contributed by atoms with van der Waals surface area (Å²) in [5.41, 5.74) is 3.10. The molecular formula is C18H15NO. The van der Waals surface area contributed by atoms with Crippen molar-refractivity contribution >= 4 is 10.9 Å². The predicted molar refractivity (Wildman–Crippen MR) is 81.3 cm³/mol. The minimum absolute atomic E-state index is 0.532. The average Bonchev–Trinajstić information content (AvgIpc) is 2.90. The molecule has 0 saturated heterocycles. The van der Waals surface area contributed by atoms with Crippen molar-refractivity contribution in [3.8, 4) is 11.8 Å². The lowest BCUT2D eigenvalue weighted by Gasteiger charge is -2.01. The zero-order chi connectivity index (χ0) is 13.8. The molecule has 1 unspecified atom stereocenters. The van der Waals surface area contributed by atoms with Crippen LogP contribution < -0.4 is 0 Å². The number of aliphatic hydroxyl groups is 1. The van der Waals surface area contributed by atoms with Crippen molar-refractivity contribution in [3.05, 3.63) is 71.9 Å². The first-order valence-corrected chi connectivity index (χ1v) is 6.62. The van der Waals surface area contributed by atoms with Crippen LogP contribution in [0, 0.1) is 11.8 Å². The van der Waals surface area contributed by atoms with Crippen LogP contribution in [0.25, 0.3) is 10.9 Å². The van der Waals surface area contributed by atoms with Crippen molar-refractivity contribution in [2.45, 2.75) is 12.5 Å². The first kappa shape index (κ1) is 12.5. The number of H-pyrrole nitrogens is 1. The van der Waals surface area contributed by atoms with E-state index in [4.69, 9.17) is 0 Å². The number of hydrogen-bond donors (Lipinski definition) is 2. The number of benzene rings is 2. The standard InChI is InChI=1S/C18H15NO/c20-16(11-10-14-6-2-1-3-7-14)12-15-13-19-18-9-5-4-8-17(15)18/h1-9,13,16,19-20H,12H2. The Morgan fingerprint density at radius 3 is 2.60 bits per heavy atom. The molecule has 3 rings (SSSR count). The highest BCUT2D eigenvalue weighted by molar-refractivity contribution is 5.83. The van der Waals surface area contributed by atoms with Gasteiger partial charge in [-0.1, -0.05) is 48.2 Å². The van der Waals surface area contributed by atoms with Gasteiger partial charge in [0.1, 0.15) is 6.10 Å². The molecule has 98 valence electrons. The molecule has 0 aliphatic rings. The predicted octanol–water partition coefficient (Wildman–Crippen LogP) is 3.12. The maximum absolute atomic E-state index is 10.1. The lowest BCUT2D eigenvalue weighted by atomic mass is 10.1. The van der Waals surface area contributed by atoms with Gasteiger partial charge in [0.2, 0.25) is 0 Å². The monoisotopic (exact) mass is 261 g/mol. The van der Waals surface area contributed by atoms with Crippen molar-refractivity contribution in [1.82, 2.24) is 4.98 Å². The average molecular weight is 261 g/mol. The van der Waals surface area contributed by atoms with Gasteiger partial charge in [0.05, 0.1) is 0 Å². The lowest BCUT2D eigenvalue weighted by Crippen LogP contribution is -2.06. The van der Waals surface area contributed by atoms with Crippen molar-refractivity contribution in [2.75, 3.05) is 0 Å². The van der Waals surface area contributed by atoms with Gasteiger partial charge >= 0.3 is 0 Å². The van der Waals surface area contributed by atoms with E-state index in [9.17, 15) is 5.11 Å². The molecule has 3 aromatic rings. The Morgan fingerprint density at radius 1 is 1.00 bits per heavy atom. The van der Waals surface area contributed by atoms with Crippen LogP contribution in [0.15, 0.2) is 60.8 Å². The van der Waals surface area contributed by atoms with Crippen molar-refractivity contribution in [2.24, 2.45) is 0 Å². The fraction of sp³-hybridized carbons (Fsp3) is 0.111. The highest BCUT2D eigenvalue weighted by Gasteiger charge is 2.07. The quantitative estimate of drug-likeness (QED) is 0.683. The first-order valence-electron chi connectivity index (χ1n) is 6.62. The van der Waals surface area contributed by atoms with Crippen LogP contribution in [-0.2, 0) is 6.42 Å². The van der Waals surface area contributed by atoms with Crippen LogP contribution in [0.1, 0.15) is 11.1 Å². The van der Waals surface area contributed by atoms with Crippen LogP contribution in [0.3, 0.4) is 0 Å². The summed E-state index contributed by atoms with van der Waals surface area (Å²) in [6.07, 6.45) is 1.82. The SMILES string of the molecule is OC(C#Cc1ccccc1)Cc1c[nH]c2ccccc12. The van der Waals surface area contributed by atoms with Gasteiger partial charge in [-0.15, -0.1) is 0 Å². The van der Waals surface area contributed by atoms with Gasteiger partial charge in [0, 0.05) is 29.1 Å². The van der Waals surface area contributed by atoms with Crippen LogP contribution in [0.2, 0.25) is 0 Å². The van der Waals surface area contributed by atoms with Crippen LogP contribution in [0.4, 0.5) is 0 Å². The summed E-state index contributed by atoms with van der Waals surface area (Å²) in [5, 5.41) is 11.2. The summed E-state index contributed by atoms with van der Waals surface area (Å²) < 4.78 is 0. The molecule has 1 aromatic heterocycles. The van der Waals surface area contributed by atoms with E-state index in [1.54, 1.807) is 0 Å². The fourth-order valence-electron chi connectivity index (χ4n) is 2.25. The Bertz CT molecular complexity index is 762. The number of rotatable bonds is 2. The number of aromatic nitrogens is 1. The highest BCUT2D eigenvalue weighted by atomic mass is 16.3. The second kappa shape index (κ2) is 5.64. The van der Waals surface area contributed by atoms with E-state index in [1.807, 2.05) is 54.7 Å². The van der Waals surface area contributed by atoms with Gasteiger partial charge < -0.3 is 10.1 Å². The second-order valence-electron chi connectivity index (χ2n) is 4.71. The van der Waals surface area contributed by atoms with Crippen LogP contribution >= 0.6 is 0 Å². The number of aromatic amines is 1. The van der Waals surface area contributed by atoms with E-state index in [-0.39, 0.29) is 0 Å². The van der Waals surface area contributed by atoms with Gasteiger partial charge in [-0.05, 0) is 23.8 Å². The number of aliphatic hydroxyl groups excluding tert-OH is 1. The smallest absolute Gasteiger partial charge is 0.119 e. The zero-order valence-electron chi connectivity index (χ0n) is 11.0. The maximum atomic E-state index is 10.1. The highest BCUT2D eigenvalue weighted by Crippen LogP contribution is 2.18. The van der Waals surface area contributed by atoms with Crippen molar-refractivity contribution in [1.29, 1.82) is 0 Å². The molecule has 0 amide bonds. The summed E-state index contributed by atoms with van der Waals surface area (Å²) in [7, 11) is 0. The van der Waals surface area contributed by atoms with Gasteiger partial charge in [0.15, 0.2) is 0 Å². The van der Waals surface area contributed by atoms with E-state index in [2.05, 4.69) is 22.9 Å². The Hall–Kier alpha value is -2.50. The van der Waals surface area contributed by atoms with Gasteiger partial charge in [-0.25, -0.2) is 0 Å². The van der Waals surface area contributed by atoms with Crippen molar-refractivity contribution in [3.63, 3.8) is 0 Å². The largest absolute Gasteiger partial charge is 0.380 e. The zero-order valence-corrected chi connectivity index (χ0v) is 11.0. The molecule has 20 heavy (non-hydrogen) atoms. The van der Waals surface area contributed by atoms with E-state index in [0.717, 1.165) is 22.0 Å². The molecule has 0 aliphatic heterocycles. The normalized spacial score (nSPS) is 11.8. The topological polar surface area (TPSA) is 36.0 Å². The van der Waals surface area contributed by atoms with Crippen LogP contribution in [-0.4, -0.2) is 16.2 Å². The van der Waals surface area contributed by atoms with E-state index in [0.29, 0.717) is 6.42 Å². The molecule has 1 heterocycles. The van der Waals surface area contributed by atoms with E-state index >= 15 is 0 Å². The molecule has 2 N–H and O–H groups in total. The third-order valence-corrected chi connectivity index (χ3v) is 3.25. The minimum Gasteiger partial charge on any atom is -0.380 e. The third kappa shape index (κ3) is 2.74. The van der Waals surface area contributed by atoms with E-state index in [1.165, 1.54) is 0 Å². The van der Waals surface area contributed by atoms with Crippen LogP contribution in [0.5, 0.6) is 0 Å². The van der Waals surface area contributed by atoms with Crippen molar-refractivity contribution < 1.29 is 5.11 Å². The molecular weight excluding hydrogens is 246 g/mol. The molecule has 0 saturated carbocycles. The van der Waals surface area contributed by atoms with Gasteiger partial charge in [-0.3, -0.25) is 0 Å². The molecule has 2 heteroatoms. The molecule has 2 nitrogen and oxygen atoms in total. The molecule has 0 fully saturated rings. The molecule has 0 radical (unpaired) electrons. The Kier molecular flexibility index (Phi) is 3.54. The molecule has 2 aromatic carbocycles. The van der Waals surface area contributed by atoms with Gasteiger partial charge in [-0.2, -0.15) is 0 Å². The summed E-state index contributed by atoms with van der Waals surface area (Å²) in [6, 6.07) is 17.8. The first-order chi connectivity index (χ1) is 9.83. The lowest BCUT2D eigenvalue weighted by molar-refractivity contribution is 0.233. The molecule has 0 spiro atoms. The minimum atomic E-state index is -0.658. The Morgan fingerprint density at radius 2 is 1.75 bits per heavy atom. The van der Waals surface area contributed by atoms with E-state index < -0.39 is 6.10 Å². The summed E-state index contributed by atoms with van der Waals surface area (Å²) in [6.45, 7) is 0. The molecule has 1 atom stereocenters. The number of fused-ring (bicyclic) bond motifs is 1. The summed E-state index contributed by atoms with van der Waals surface area (Å²) in [5.74, 6) is 5.89. The maximum Gasteiger partial charge on any atom is 0.119 e. The number of nitrogens with one attached hydrogen (secondary N) is 1. The van der Waals surface area contributed by atoms with Gasteiger partial charge in [0.25, 0.3) is 0 Å². The third-order valence-electron chi connectivity index (χ3n) is 3.25. The number of hydrogen-bond acceptors (Lipinski definition) is 1. The number of para-hydroxylation sites is 1. The Balaban J connectivity index is 1.77. The summed E-state index contributed by atoms with van der Waals surface area (Å²) in [4.78, 5) is 3.21. The molecule has 0 aliphatic carbocycles. The molecule has 0 bridgehead atoms. The Labute approximate surface area is 118 Å². The fourth-order valence-corrected chi connectivity index (χ4v) is 2.25. The second-order valence-corrected chi connectivity index (χ2v) is 4.71.